The molecule has 3 aliphatic heterocycles. The summed E-state index contributed by atoms with van der Waals surface area (Å²) < 4.78 is 0. The highest BCUT2D eigenvalue weighted by atomic mass is 16.4. The zero-order valence-electron chi connectivity index (χ0n) is 30.0. The maximum Gasteiger partial charge on any atom is 0.350 e. The van der Waals surface area contributed by atoms with Crippen LogP contribution in [0.25, 0.3) is 33.3 Å². The quantitative estimate of drug-likeness (QED) is 0.160. The Bertz CT molecular complexity index is 2440. The lowest BCUT2D eigenvalue weighted by molar-refractivity contribution is -0.129. The van der Waals surface area contributed by atoms with Gasteiger partial charge >= 0.3 is 5.97 Å². The second-order valence-electron chi connectivity index (χ2n) is 13.6. The van der Waals surface area contributed by atoms with Gasteiger partial charge in [-0.1, -0.05) is 103 Å². The summed E-state index contributed by atoms with van der Waals surface area (Å²) in [6.07, 6.45) is 4.16. The Morgan fingerprint density at radius 2 is 1.24 bits per heavy atom. The van der Waals surface area contributed by atoms with E-state index in [-0.39, 0.29) is 17.5 Å². The van der Waals surface area contributed by atoms with Crippen LogP contribution in [-0.2, 0) is 11.2 Å². The molecule has 4 aromatic carbocycles. The summed E-state index contributed by atoms with van der Waals surface area (Å²) in [4.78, 5) is 45.8. The van der Waals surface area contributed by atoms with Gasteiger partial charge in [-0.15, -0.1) is 0 Å². The van der Waals surface area contributed by atoms with Crippen LogP contribution in [0.3, 0.4) is 0 Å². The topological polar surface area (TPSA) is 136 Å². The molecule has 0 saturated carbocycles. The first kappa shape index (κ1) is 35.3. The van der Waals surface area contributed by atoms with Crippen molar-refractivity contribution in [3.63, 3.8) is 0 Å². The van der Waals surface area contributed by atoms with Gasteiger partial charge in [0.15, 0.2) is 5.82 Å². The first-order valence-corrected chi connectivity index (χ1v) is 18.4. The number of aliphatic carboxylic acids is 1. The summed E-state index contributed by atoms with van der Waals surface area (Å²) in [5.41, 5.74) is 10.8. The van der Waals surface area contributed by atoms with Crippen LogP contribution < -0.4 is 5.32 Å². The lowest BCUT2D eigenvalue weighted by Crippen LogP contribution is -2.49. The van der Waals surface area contributed by atoms with E-state index in [2.05, 4.69) is 78.8 Å². The van der Waals surface area contributed by atoms with Crippen molar-refractivity contribution in [1.29, 1.82) is 0 Å². The van der Waals surface area contributed by atoms with E-state index in [0.717, 1.165) is 52.2 Å². The number of aromatic nitrogens is 4. The number of carbonyl (C=O) groups excluding carboxylic acids is 1. The fourth-order valence-electron chi connectivity index (χ4n) is 6.97. The molecule has 3 aliphatic rings. The monoisotopic (exact) mass is 725 g/mol. The largest absolute Gasteiger partial charge is 0.477 e. The number of amides is 1. The standard InChI is InChI=1S/C22H18N4O.C14H14N2.C9H7NO2/c27-22(21-24-18-10-4-5-11-19(18)25-21)26-13-16(14-26)20-17(9-6-12-23-20)15-7-2-1-3-8-15;1-2-5-11(6-3-1)13-7-4-8-16-14(13)12-9-15-10-12;11-9(12)8-5-6-3-1-2-4-7(6)10-8/h1-12,16H,13-14H2,(H,24,25);1-8,12,15H,9-10H2;1-4H,5H2,(H,11,12). The van der Waals surface area contributed by atoms with Crippen molar-refractivity contribution >= 4 is 34.3 Å². The molecule has 3 aromatic heterocycles. The van der Waals surface area contributed by atoms with Crippen LogP contribution >= 0.6 is 0 Å². The van der Waals surface area contributed by atoms with Crippen LogP contribution in [0.1, 0.15) is 39.4 Å². The number of imidazole rings is 1. The minimum atomic E-state index is -0.925. The Labute approximate surface area is 318 Å². The maximum atomic E-state index is 12.7. The highest BCUT2D eigenvalue weighted by Gasteiger charge is 2.35. The number of fused-ring (bicyclic) bond motifs is 2. The third kappa shape index (κ3) is 7.81. The Morgan fingerprint density at radius 3 is 1.82 bits per heavy atom. The fraction of sp³-hybridized carbons (Fsp3) is 0.156. The molecule has 2 saturated heterocycles. The Morgan fingerprint density at radius 1 is 0.655 bits per heavy atom. The number of hydrogen-bond donors (Lipinski definition) is 3. The minimum Gasteiger partial charge on any atom is -0.477 e. The van der Waals surface area contributed by atoms with Gasteiger partial charge in [-0.2, -0.15) is 0 Å². The molecule has 2 fully saturated rings. The number of aromatic amines is 1. The number of nitrogens with one attached hydrogen (secondary N) is 2. The molecular formula is C45H39N7O3. The Balaban J connectivity index is 0.000000129. The van der Waals surface area contributed by atoms with Crippen LogP contribution in [0.5, 0.6) is 0 Å². The molecule has 0 radical (unpaired) electrons. The number of H-pyrrole nitrogens is 1. The number of likely N-dealkylation sites (tertiary alicyclic amines) is 1. The molecule has 0 atom stereocenters. The van der Waals surface area contributed by atoms with E-state index in [9.17, 15) is 9.59 Å². The van der Waals surface area contributed by atoms with Crippen LogP contribution in [0, 0.1) is 0 Å². The molecule has 6 heterocycles. The number of hydrogen-bond acceptors (Lipinski definition) is 7. The van der Waals surface area contributed by atoms with Crippen molar-refractivity contribution < 1.29 is 14.7 Å². The molecule has 0 bridgehead atoms. The predicted molar refractivity (Wildman–Crippen MR) is 215 cm³/mol. The van der Waals surface area contributed by atoms with E-state index in [1.54, 1.807) is 0 Å². The van der Waals surface area contributed by atoms with E-state index in [0.29, 0.717) is 31.3 Å². The van der Waals surface area contributed by atoms with Gasteiger partial charge in [-0.25, -0.2) is 14.8 Å². The summed E-state index contributed by atoms with van der Waals surface area (Å²) in [6, 6.07) is 44.1. The highest BCUT2D eigenvalue weighted by Crippen LogP contribution is 2.34. The minimum absolute atomic E-state index is 0.0559. The van der Waals surface area contributed by atoms with E-state index in [4.69, 9.17) is 5.11 Å². The van der Waals surface area contributed by atoms with Crippen molar-refractivity contribution in [3.05, 3.63) is 169 Å². The van der Waals surface area contributed by atoms with Crippen molar-refractivity contribution in [2.75, 3.05) is 26.2 Å². The number of benzene rings is 4. The van der Waals surface area contributed by atoms with E-state index in [1.807, 2.05) is 102 Å². The second-order valence-corrected chi connectivity index (χ2v) is 13.6. The molecule has 272 valence electrons. The average Bonchev–Trinajstić information content (AvgIpc) is 3.84. The summed E-state index contributed by atoms with van der Waals surface area (Å²) >= 11 is 0. The molecule has 10 nitrogen and oxygen atoms in total. The van der Waals surface area contributed by atoms with Crippen LogP contribution in [0.2, 0.25) is 0 Å². The molecular weight excluding hydrogens is 687 g/mol. The normalized spacial score (nSPS) is 14.6. The molecule has 3 N–H and O–H groups in total. The number of carboxylic acid groups (broad SMARTS) is 1. The molecule has 10 heteroatoms. The predicted octanol–water partition coefficient (Wildman–Crippen LogP) is 7.70. The molecule has 55 heavy (non-hydrogen) atoms. The number of aliphatic imine (C=N–C) groups is 1. The van der Waals surface area contributed by atoms with Gasteiger partial charge in [0.25, 0.3) is 5.91 Å². The summed E-state index contributed by atoms with van der Waals surface area (Å²) in [5, 5.41) is 12.0. The lowest BCUT2D eigenvalue weighted by Gasteiger charge is -2.39. The fourth-order valence-corrected chi connectivity index (χ4v) is 6.97. The highest BCUT2D eigenvalue weighted by molar-refractivity contribution is 6.37. The van der Waals surface area contributed by atoms with Crippen LogP contribution in [0.15, 0.2) is 151 Å². The Kier molecular flexibility index (Phi) is 10.3. The molecule has 0 aliphatic carbocycles. The summed E-state index contributed by atoms with van der Waals surface area (Å²) in [6.45, 7) is 3.42. The lowest BCUT2D eigenvalue weighted by atomic mass is 9.90. The number of carboxylic acids is 1. The van der Waals surface area contributed by atoms with Crippen molar-refractivity contribution in [2.45, 2.75) is 18.3 Å². The van der Waals surface area contributed by atoms with Gasteiger partial charge in [0, 0.05) is 68.0 Å². The van der Waals surface area contributed by atoms with Gasteiger partial charge in [-0.3, -0.25) is 14.8 Å². The second kappa shape index (κ2) is 16.1. The van der Waals surface area contributed by atoms with E-state index < -0.39 is 5.97 Å². The van der Waals surface area contributed by atoms with E-state index >= 15 is 0 Å². The maximum absolute atomic E-state index is 12.7. The third-order valence-electron chi connectivity index (χ3n) is 10.0. The first-order valence-electron chi connectivity index (χ1n) is 18.4. The van der Waals surface area contributed by atoms with Crippen LogP contribution in [-0.4, -0.2) is 73.7 Å². The number of nitrogens with zero attached hydrogens (tertiary/aromatic N) is 5. The summed E-state index contributed by atoms with van der Waals surface area (Å²) in [7, 11) is 0. The smallest absolute Gasteiger partial charge is 0.350 e. The molecule has 1 amide bonds. The van der Waals surface area contributed by atoms with Gasteiger partial charge in [-0.05, 0) is 47.0 Å². The Hall–Kier alpha value is -6.78. The number of carbonyl (C=O) groups is 2. The number of rotatable bonds is 6. The van der Waals surface area contributed by atoms with Crippen LogP contribution in [0.4, 0.5) is 5.69 Å². The van der Waals surface area contributed by atoms with Gasteiger partial charge in [0.1, 0.15) is 5.71 Å². The zero-order chi connectivity index (χ0) is 37.6. The SMILES string of the molecule is O=C(O)C1=Nc2ccccc2C1.O=C(c1nc2ccccc2[nH]1)N1CC(c2ncccc2-c2ccccc2)C1.c1ccc(-c2cccnc2C2CNC2)cc1. The average molecular weight is 726 g/mol. The van der Waals surface area contributed by atoms with Crippen molar-refractivity contribution in [1.82, 2.24) is 30.2 Å². The third-order valence-corrected chi connectivity index (χ3v) is 10.0. The van der Waals surface area contributed by atoms with Gasteiger partial charge in [0.05, 0.1) is 28.1 Å². The molecule has 0 spiro atoms. The summed E-state index contributed by atoms with van der Waals surface area (Å²) in [5.74, 6) is 0.246. The number of para-hydroxylation sites is 3. The molecule has 0 unspecified atom stereocenters. The first-order chi connectivity index (χ1) is 27.0. The van der Waals surface area contributed by atoms with Crippen molar-refractivity contribution in [2.24, 2.45) is 4.99 Å². The molecule has 10 rings (SSSR count). The van der Waals surface area contributed by atoms with E-state index in [1.165, 1.54) is 16.8 Å². The van der Waals surface area contributed by atoms with Crippen molar-refractivity contribution in [3.8, 4) is 22.3 Å². The number of pyridine rings is 2. The van der Waals surface area contributed by atoms with Gasteiger partial charge in [0.2, 0.25) is 0 Å². The van der Waals surface area contributed by atoms with Gasteiger partial charge < -0.3 is 20.3 Å². The molecule has 7 aromatic rings. The zero-order valence-corrected chi connectivity index (χ0v) is 30.0.